The van der Waals surface area contributed by atoms with Crippen LogP contribution in [0.1, 0.15) is 17.0 Å². The van der Waals surface area contributed by atoms with E-state index in [9.17, 15) is 4.79 Å². The van der Waals surface area contributed by atoms with E-state index in [2.05, 4.69) is 52.3 Å². The summed E-state index contributed by atoms with van der Waals surface area (Å²) in [6.45, 7) is 1.24. The Bertz CT molecular complexity index is 1440. The summed E-state index contributed by atoms with van der Waals surface area (Å²) in [7, 11) is 1.67. The van der Waals surface area contributed by atoms with Crippen LogP contribution in [-0.2, 0) is 24.2 Å². The van der Waals surface area contributed by atoms with Crippen LogP contribution in [0.5, 0.6) is 5.75 Å². The van der Waals surface area contributed by atoms with Crippen molar-refractivity contribution in [3.63, 3.8) is 0 Å². The molecule has 36 heavy (non-hydrogen) atoms. The van der Waals surface area contributed by atoms with Gasteiger partial charge in [0.05, 0.1) is 24.6 Å². The smallest absolute Gasteiger partial charge is 0.224 e. The molecule has 1 amide bonds. The van der Waals surface area contributed by atoms with Crippen molar-refractivity contribution in [1.82, 2.24) is 14.9 Å². The summed E-state index contributed by atoms with van der Waals surface area (Å²) in [6.07, 6.45) is 1.01. The molecule has 1 N–H and O–H groups in total. The Morgan fingerprint density at radius 1 is 0.806 bits per heavy atom. The van der Waals surface area contributed by atoms with Crippen LogP contribution in [0.4, 0.5) is 0 Å². The molecule has 0 aliphatic heterocycles. The number of nitrogens with one attached hydrogen (secondary N) is 1. The van der Waals surface area contributed by atoms with Crippen molar-refractivity contribution < 1.29 is 9.53 Å². The van der Waals surface area contributed by atoms with Crippen molar-refractivity contribution in [2.75, 3.05) is 13.7 Å². The monoisotopic (exact) mass is 475 g/mol. The topological polar surface area (TPSA) is 56.1 Å². The van der Waals surface area contributed by atoms with Crippen LogP contribution in [0.3, 0.4) is 0 Å². The third-order valence-electron chi connectivity index (χ3n) is 6.33. The van der Waals surface area contributed by atoms with E-state index in [-0.39, 0.29) is 5.91 Å². The standard InChI is InChI=1S/C31H29N3O2/c1-36-27-17-13-24(14-18-27)22-34-29-10-6-5-9-28(29)33-30(34)19-20-32-31(35)21-23-11-15-26(16-12-23)25-7-3-2-4-8-25/h2-18H,19-22H2,1H3,(H,32,35). The molecule has 0 radical (unpaired) electrons. The average Bonchev–Trinajstić information content (AvgIpc) is 3.27. The normalized spacial score (nSPS) is 10.9. The Labute approximate surface area is 211 Å². The molecule has 0 aliphatic rings. The summed E-state index contributed by atoms with van der Waals surface area (Å²) in [5.41, 5.74) is 6.54. The number of fused-ring (bicyclic) bond motifs is 1. The Balaban J connectivity index is 1.22. The van der Waals surface area contributed by atoms with Crippen LogP contribution in [0, 0.1) is 0 Å². The fourth-order valence-corrected chi connectivity index (χ4v) is 4.41. The van der Waals surface area contributed by atoms with E-state index in [0.29, 0.717) is 25.9 Å². The highest BCUT2D eigenvalue weighted by atomic mass is 16.5. The molecule has 0 spiro atoms. The number of ether oxygens (including phenoxy) is 1. The van der Waals surface area contributed by atoms with Crippen molar-refractivity contribution in [1.29, 1.82) is 0 Å². The van der Waals surface area contributed by atoms with Gasteiger partial charge in [-0.25, -0.2) is 4.98 Å². The maximum atomic E-state index is 12.6. The molecule has 5 heteroatoms. The van der Waals surface area contributed by atoms with E-state index in [0.717, 1.165) is 33.7 Å². The first kappa shape index (κ1) is 23.4. The largest absolute Gasteiger partial charge is 0.497 e. The van der Waals surface area contributed by atoms with Crippen LogP contribution in [0.2, 0.25) is 0 Å². The van der Waals surface area contributed by atoms with Crippen molar-refractivity contribution in [3.8, 4) is 16.9 Å². The molecule has 0 bridgehead atoms. The lowest BCUT2D eigenvalue weighted by Gasteiger charge is -2.11. The molecule has 0 atom stereocenters. The maximum absolute atomic E-state index is 12.6. The lowest BCUT2D eigenvalue weighted by atomic mass is 10.0. The van der Waals surface area contributed by atoms with Gasteiger partial charge in [-0.05, 0) is 46.5 Å². The molecule has 5 aromatic rings. The minimum atomic E-state index is 0.0141. The fourth-order valence-electron chi connectivity index (χ4n) is 4.41. The van der Waals surface area contributed by atoms with Gasteiger partial charge in [0, 0.05) is 19.5 Å². The zero-order chi connectivity index (χ0) is 24.7. The van der Waals surface area contributed by atoms with Gasteiger partial charge < -0.3 is 14.6 Å². The summed E-state index contributed by atoms with van der Waals surface area (Å²) < 4.78 is 7.51. The number of hydrogen-bond donors (Lipinski definition) is 1. The van der Waals surface area contributed by atoms with Crippen LogP contribution < -0.4 is 10.1 Å². The Morgan fingerprint density at radius 3 is 2.22 bits per heavy atom. The maximum Gasteiger partial charge on any atom is 0.224 e. The second-order valence-corrected chi connectivity index (χ2v) is 8.79. The zero-order valence-electron chi connectivity index (χ0n) is 20.4. The molecule has 0 unspecified atom stereocenters. The van der Waals surface area contributed by atoms with Crippen molar-refractivity contribution in [2.45, 2.75) is 19.4 Å². The van der Waals surface area contributed by atoms with Crippen LogP contribution in [0.25, 0.3) is 22.2 Å². The number of para-hydroxylation sites is 2. The average molecular weight is 476 g/mol. The number of benzene rings is 4. The van der Waals surface area contributed by atoms with Crippen LogP contribution in [0.15, 0.2) is 103 Å². The van der Waals surface area contributed by atoms with Gasteiger partial charge >= 0.3 is 0 Å². The van der Waals surface area contributed by atoms with Gasteiger partial charge in [-0.3, -0.25) is 4.79 Å². The number of carbonyl (C=O) groups is 1. The van der Waals surface area contributed by atoms with Crippen LogP contribution in [-0.4, -0.2) is 29.1 Å². The van der Waals surface area contributed by atoms with E-state index in [1.165, 1.54) is 11.1 Å². The van der Waals surface area contributed by atoms with Gasteiger partial charge in [-0.1, -0.05) is 78.9 Å². The molecule has 0 saturated carbocycles. The van der Waals surface area contributed by atoms with E-state index in [1.807, 2.05) is 60.7 Å². The Morgan fingerprint density at radius 2 is 1.47 bits per heavy atom. The first-order chi connectivity index (χ1) is 17.7. The number of carbonyl (C=O) groups excluding carboxylic acids is 1. The van der Waals surface area contributed by atoms with E-state index < -0.39 is 0 Å². The van der Waals surface area contributed by atoms with Gasteiger partial charge in [0.15, 0.2) is 0 Å². The highest BCUT2D eigenvalue weighted by Crippen LogP contribution is 2.21. The summed E-state index contributed by atoms with van der Waals surface area (Å²) in [5, 5.41) is 3.07. The van der Waals surface area contributed by atoms with E-state index in [4.69, 9.17) is 9.72 Å². The minimum absolute atomic E-state index is 0.0141. The fraction of sp³-hybridized carbons (Fsp3) is 0.161. The lowest BCUT2D eigenvalue weighted by Crippen LogP contribution is -2.28. The van der Waals surface area contributed by atoms with Gasteiger partial charge in [0.1, 0.15) is 11.6 Å². The lowest BCUT2D eigenvalue weighted by molar-refractivity contribution is -0.120. The predicted octanol–water partition coefficient (Wildman–Crippen LogP) is 5.66. The zero-order valence-corrected chi connectivity index (χ0v) is 20.4. The second-order valence-electron chi connectivity index (χ2n) is 8.79. The number of amides is 1. The predicted molar refractivity (Wildman–Crippen MR) is 144 cm³/mol. The van der Waals surface area contributed by atoms with Crippen molar-refractivity contribution >= 4 is 16.9 Å². The number of imidazole rings is 1. The summed E-state index contributed by atoms with van der Waals surface area (Å²) >= 11 is 0. The number of rotatable bonds is 9. The molecule has 0 fully saturated rings. The highest BCUT2D eigenvalue weighted by molar-refractivity contribution is 5.79. The summed E-state index contributed by atoms with van der Waals surface area (Å²) in [4.78, 5) is 17.5. The molecule has 0 saturated heterocycles. The number of hydrogen-bond acceptors (Lipinski definition) is 3. The molecular formula is C31H29N3O2. The quantitative estimate of drug-likeness (QED) is 0.299. The van der Waals surface area contributed by atoms with E-state index in [1.54, 1.807) is 7.11 Å². The van der Waals surface area contributed by atoms with Gasteiger partial charge in [-0.15, -0.1) is 0 Å². The van der Waals surface area contributed by atoms with Gasteiger partial charge in [0.25, 0.3) is 0 Å². The SMILES string of the molecule is COc1ccc(Cn2c(CCNC(=O)Cc3ccc(-c4ccccc4)cc3)nc3ccccc32)cc1. The third kappa shape index (κ3) is 5.47. The van der Waals surface area contributed by atoms with Crippen LogP contribution >= 0.6 is 0 Å². The molecular weight excluding hydrogens is 446 g/mol. The summed E-state index contributed by atoms with van der Waals surface area (Å²) in [6, 6.07) is 34.7. The molecule has 0 aliphatic carbocycles. The molecule has 180 valence electrons. The Kier molecular flexibility index (Phi) is 7.08. The first-order valence-corrected chi connectivity index (χ1v) is 12.2. The van der Waals surface area contributed by atoms with Crippen molar-refractivity contribution in [3.05, 3.63) is 120 Å². The molecule has 4 aromatic carbocycles. The number of methoxy groups -OCH3 is 1. The third-order valence-corrected chi connectivity index (χ3v) is 6.33. The Hall–Kier alpha value is -4.38. The molecule has 1 heterocycles. The number of aromatic nitrogens is 2. The number of nitrogens with zero attached hydrogens (tertiary/aromatic N) is 2. The van der Waals surface area contributed by atoms with E-state index >= 15 is 0 Å². The first-order valence-electron chi connectivity index (χ1n) is 12.2. The van der Waals surface area contributed by atoms with Gasteiger partial charge in [-0.2, -0.15) is 0 Å². The molecule has 5 nitrogen and oxygen atoms in total. The minimum Gasteiger partial charge on any atom is -0.497 e. The molecule has 5 rings (SSSR count). The summed E-state index contributed by atoms with van der Waals surface area (Å²) in [5.74, 6) is 1.81. The van der Waals surface area contributed by atoms with Gasteiger partial charge in [0.2, 0.25) is 5.91 Å². The molecule has 1 aromatic heterocycles. The second kappa shape index (κ2) is 10.9. The van der Waals surface area contributed by atoms with Crippen molar-refractivity contribution in [2.24, 2.45) is 0 Å². The highest BCUT2D eigenvalue weighted by Gasteiger charge is 2.12.